The number of ether oxygens (including phenoxy) is 1. The van der Waals surface area contributed by atoms with Gasteiger partial charge in [-0.15, -0.1) is 0 Å². The first kappa shape index (κ1) is 21.8. The number of benzene rings is 2. The summed E-state index contributed by atoms with van der Waals surface area (Å²) in [4.78, 5) is 28.0. The van der Waals surface area contributed by atoms with E-state index in [0.29, 0.717) is 5.56 Å². The van der Waals surface area contributed by atoms with Crippen LogP contribution in [0.15, 0.2) is 48.5 Å². The van der Waals surface area contributed by atoms with Crippen LogP contribution in [0.25, 0.3) is 0 Å². The van der Waals surface area contributed by atoms with Gasteiger partial charge in [-0.1, -0.05) is 38.5 Å². The normalized spacial score (nSPS) is 15.9. The van der Waals surface area contributed by atoms with Gasteiger partial charge in [0.05, 0.1) is 13.2 Å². The highest BCUT2D eigenvalue weighted by Crippen LogP contribution is 2.24. The summed E-state index contributed by atoms with van der Waals surface area (Å²) in [6.45, 7) is 9.18. The van der Waals surface area contributed by atoms with Crippen LogP contribution in [-0.2, 0) is 9.53 Å². The van der Waals surface area contributed by atoms with E-state index < -0.39 is 6.04 Å². The number of hydrogen-bond donors (Lipinski definition) is 2. The molecule has 1 heterocycles. The Balaban J connectivity index is 1.71. The van der Waals surface area contributed by atoms with Gasteiger partial charge in [0, 0.05) is 30.0 Å². The molecular weight excluding hydrogens is 378 g/mol. The summed E-state index contributed by atoms with van der Waals surface area (Å²) in [5, 5.41) is 5.93. The maximum atomic E-state index is 13.1. The highest BCUT2D eigenvalue weighted by Gasteiger charge is 2.27. The summed E-state index contributed by atoms with van der Waals surface area (Å²) in [6, 6.07) is 14.4. The van der Waals surface area contributed by atoms with E-state index in [2.05, 4.69) is 21.6 Å². The quantitative estimate of drug-likeness (QED) is 0.733. The molecular formula is C24H31N3O3. The lowest BCUT2D eigenvalue weighted by atomic mass is 9.97. The van der Waals surface area contributed by atoms with E-state index in [1.54, 1.807) is 12.1 Å². The molecule has 2 unspecified atom stereocenters. The number of nitrogens with zero attached hydrogens (tertiary/aromatic N) is 1. The maximum Gasteiger partial charge on any atom is 0.251 e. The van der Waals surface area contributed by atoms with Gasteiger partial charge in [-0.25, -0.2) is 0 Å². The lowest BCUT2D eigenvalue weighted by Crippen LogP contribution is -2.47. The molecule has 0 aromatic heterocycles. The van der Waals surface area contributed by atoms with Crippen molar-refractivity contribution >= 4 is 23.2 Å². The second-order valence-corrected chi connectivity index (χ2v) is 7.79. The summed E-state index contributed by atoms with van der Waals surface area (Å²) in [6.07, 6.45) is 0.780. The minimum Gasteiger partial charge on any atom is -0.378 e. The molecule has 2 amide bonds. The van der Waals surface area contributed by atoms with E-state index in [9.17, 15) is 9.59 Å². The number of hydrogen-bond acceptors (Lipinski definition) is 4. The third-order valence-corrected chi connectivity index (χ3v) is 5.66. The van der Waals surface area contributed by atoms with E-state index in [-0.39, 0.29) is 17.7 Å². The summed E-state index contributed by atoms with van der Waals surface area (Å²) in [5.41, 5.74) is 3.43. The zero-order valence-corrected chi connectivity index (χ0v) is 18.0. The van der Waals surface area contributed by atoms with E-state index >= 15 is 0 Å². The molecule has 0 saturated carbocycles. The van der Waals surface area contributed by atoms with Crippen LogP contribution in [0.5, 0.6) is 0 Å². The molecule has 1 aliphatic heterocycles. The molecule has 2 N–H and O–H groups in total. The number of rotatable bonds is 7. The number of aryl methyl sites for hydroxylation is 1. The van der Waals surface area contributed by atoms with Gasteiger partial charge in [0.1, 0.15) is 6.04 Å². The van der Waals surface area contributed by atoms with Crippen LogP contribution >= 0.6 is 0 Å². The van der Waals surface area contributed by atoms with E-state index in [4.69, 9.17) is 4.74 Å². The molecule has 1 saturated heterocycles. The maximum absolute atomic E-state index is 13.1. The van der Waals surface area contributed by atoms with Gasteiger partial charge in [-0.2, -0.15) is 0 Å². The molecule has 160 valence electrons. The van der Waals surface area contributed by atoms with Crippen LogP contribution in [0.4, 0.5) is 11.4 Å². The van der Waals surface area contributed by atoms with Crippen LogP contribution < -0.4 is 15.5 Å². The molecule has 0 radical (unpaired) electrons. The summed E-state index contributed by atoms with van der Waals surface area (Å²) in [7, 11) is 0. The number of carbonyl (C=O) groups excluding carboxylic acids is 2. The lowest BCUT2D eigenvalue weighted by Gasteiger charge is -2.29. The average molecular weight is 410 g/mol. The number of nitrogens with one attached hydrogen (secondary N) is 2. The third-order valence-electron chi connectivity index (χ3n) is 5.66. The first-order valence-corrected chi connectivity index (χ1v) is 10.6. The second-order valence-electron chi connectivity index (χ2n) is 7.79. The topological polar surface area (TPSA) is 70.7 Å². The molecule has 2 aromatic carbocycles. The van der Waals surface area contributed by atoms with Crippen molar-refractivity contribution in [2.45, 2.75) is 33.2 Å². The van der Waals surface area contributed by atoms with Crippen LogP contribution in [0.2, 0.25) is 0 Å². The SMILES string of the molecule is CCC(C)C(NC(=O)c1ccccc1)C(=O)Nc1ccc(N2CCOCC2)cc1C. The van der Waals surface area contributed by atoms with E-state index in [1.165, 1.54) is 0 Å². The number of amides is 2. The third kappa shape index (κ3) is 5.39. The van der Waals surface area contributed by atoms with Crippen molar-refractivity contribution < 1.29 is 14.3 Å². The first-order chi connectivity index (χ1) is 14.5. The standard InChI is InChI=1S/C24H31N3O3/c1-4-17(2)22(26-23(28)19-8-6-5-7-9-19)24(29)25-21-11-10-20(16-18(21)3)27-12-14-30-15-13-27/h5-11,16-17,22H,4,12-15H2,1-3H3,(H,25,29)(H,26,28). The highest BCUT2D eigenvalue weighted by atomic mass is 16.5. The molecule has 1 aliphatic rings. The Morgan fingerprint density at radius 2 is 1.80 bits per heavy atom. The van der Waals surface area contributed by atoms with Crippen LogP contribution in [0.1, 0.15) is 36.2 Å². The van der Waals surface area contributed by atoms with Crippen LogP contribution in [-0.4, -0.2) is 44.2 Å². The number of anilines is 2. The predicted molar refractivity (Wildman–Crippen MR) is 120 cm³/mol. The Morgan fingerprint density at radius 1 is 1.10 bits per heavy atom. The fourth-order valence-electron chi connectivity index (χ4n) is 3.53. The summed E-state index contributed by atoms with van der Waals surface area (Å²) in [5.74, 6) is -0.433. The van der Waals surface area contributed by atoms with Crippen molar-refractivity contribution in [3.63, 3.8) is 0 Å². The van der Waals surface area contributed by atoms with Crippen molar-refractivity contribution in [3.8, 4) is 0 Å². The second kappa shape index (κ2) is 10.3. The van der Waals surface area contributed by atoms with Crippen LogP contribution in [0.3, 0.4) is 0 Å². The van der Waals surface area contributed by atoms with E-state index in [0.717, 1.165) is 49.7 Å². The zero-order chi connectivity index (χ0) is 21.5. The molecule has 0 bridgehead atoms. The molecule has 6 nitrogen and oxygen atoms in total. The van der Waals surface area contributed by atoms with Crippen molar-refractivity contribution in [3.05, 3.63) is 59.7 Å². The molecule has 1 fully saturated rings. The molecule has 6 heteroatoms. The van der Waals surface area contributed by atoms with E-state index in [1.807, 2.05) is 51.1 Å². The predicted octanol–water partition coefficient (Wildman–Crippen LogP) is 3.61. The lowest BCUT2D eigenvalue weighted by molar-refractivity contribution is -0.119. The van der Waals surface area contributed by atoms with Gasteiger partial charge < -0.3 is 20.3 Å². The largest absolute Gasteiger partial charge is 0.378 e. The zero-order valence-electron chi connectivity index (χ0n) is 18.0. The highest BCUT2D eigenvalue weighted by molar-refractivity contribution is 6.01. The van der Waals surface area contributed by atoms with Gasteiger partial charge >= 0.3 is 0 Å². The average Bonchev–Trinajstić information content (AvgIpc) is 2.79. The molecule has 2 aromatic rings. The fraction of sp³-hybridized carbons (Fsp3) is 0.417. The minimum atomic E-state index is -0.610. The van der Waals surface area contributed by atoms with Crippen molar-refractivity contribution in [1.29, 1.82) is 0 Å². The van der Waals surface area contributed by atoms with Gasteiger partial charge in [-0.05, 0) is 48.7 Å². The molecule has 3 rings (SSSR count). The van der Waals surface area contributed by atoms with Gasteiger partial charge in [-0.3, -0.25) is 9.59 Å². The number of morpholine rings is 1. The molecule has 0 spiro atoms. The minimum absolute atomic E-state index is 0.00518. The van der Waals surface area contributed by atoms with Crippen LogP contribution in [0, 0.1) is 12.8 Å². The van der Waals surface area contributed by atoms with Gasteiger partial charge in [0.15, 0.2) is 0 Å². The van der Waals surface area contributed by atoms with Crippen molar-refractivity contribution in [2.75, 3.05) is 36.5 Å². The van der Waals surface area contributed by atoms with Crippen molar-refractivity contribution in [2.24, 2.45) is 5.92 Å². The Kier molecular flexibility index (Phi) is 7.46. The molecule has 2 atom stereocenters. The molecule has 30 heavy (non-hydrogen) atoms. The van der Waals surface area contributed by atoms with Gasteiger partial charge in [0.25, 0.3) is 5.91 Å². The molecule has 0 aliphatic carbocycles. The summed E-state index contributed by atoms with van der Waals surface area (Å²) >= 11 is 0. The monoisotopic (exact) mass is 409 g/mol. The summed E-state index contributed by atoms with van der Waals surface area (Å²) < 4.78 is 5.42. The first-order valence-electron chi connectivity index (χ1n) is 10.6. The Bertz CT molecular complexity index is 863. The smallest absolute Gasteiger partial charge is 0.251 e. The fourth-order valence-corrected chi connectivity index (χ4v) is 3.53. The van der Waals surface area contributed by atoms with Gasteiger partial charge in [0.2, 0.25) is 5.91 Å². The Morgan fingerprint density at radius 3 is 2.43 bits per heavy atom. The number of carbonyl (C=O) groups is 2. The Hall–Kier alpha value is -2.86. The Labute approximate surface area is 178 Å². The van der Waals surface area contributed by atoms with Crippen molar-refractivity contribution in [1.82, 2.24) is 5.32 Å².